The van der Waals surface area contributed by atoms with Gasteiger partial charge in [0.1, 0.15) is 10.5 Å². The van der Waals surface area contributed by atoms with Gasteiger partial charge in [-0.25, -0.2) is 4.79 Å². The van der Waals surface area contributed by atoms with Gasteiger partial charge in [-0.1, -0.05) is 41.5 Å². The highest BCUT2D eigenvalue weighted by atomic mass is 28.2. The zero-order valence-electron chi connectivity index (χ0n) is 18.6. The first-order chi connectivity index (χ1) is 13.5. The molecule has 1 atom stereocenters. The van der Waals surface area contributed by atoms with Gasteiger partial charge >= 0.3 is 5.97 Å². The highest BCUT2D eigenvalue weighted by Gasteiger charge is 2.52. The molecule has 0 heterocycles. The first kappa shape index (κ1) is 23.5. The van der Waals surface area contributed by atoms with Crippen LogP contribution in [0.1, 0.15) is 76.2 Å². The van der Waals surface area contributed by atoms with E-state index in [1.54, 1.807) is 0 Å². The van der Waals surface area contributed by atoms with E-state index in [0.717, 1.165) is 12.8 Å². The van der Waals surface area contributed by atoms with Crippen molar-refractivity contribution < 1.29 is 19.3 Å². The Morgan fingerprint density at radius 2 is 1.76 bits per heavy atom. The third-order valence-electron chi connectivity index (χ3n) is 7.00. The van der Waals surface area contributed by atoms with Crippen LogP contribution in [0.25, 0.3) is 0 Å². The third-order valence-corrected chi connectivity index (χ3v) is 7.70. The van der Waals surface area contributed by atoms with Crippen LogP contribution in [0.15, 0.2) is 18.2 Å². The van der Waals surface area contributed by atoms with Gasteiger partial charge in [-0.3, -0.25) is 10.1 Å². The summed E-state index contributed by atoms with van der Waals surface area (Å²) < 4.78 is 6.35. The topological polar surface area (TPSA) is 89.7 Å². The first-order valence-corrected chi connectivity index (χ1v) is 11.4. The molecule has 1 unspecified atom stereocenters. The second-order valence-corrected chi connectivity index (χ2v) is 9.81. The standard InChI is InChI=1S/C22H35NO5Si/c1-12(2)20(22(28-29,13(3)4)14(5)6)16-9-15(10-16)19-11-17(23(26)27)7-8-18(19)21(24)25/h7-8,11-16,20H,9-10H2,1-6,29H3,(H,24,25)/t15-,16-,20?. The van der Waals surface area contributed by atoms with Crippen LogP contribution in [0.3, 0.4) is 0 Å². The Hall–Kier alpha value is -1.73. The van der Waals surface area contributed by atoms with E-state index in [4.69, 9.17) is 4.43 Å². The molecule has 0 spiro atoms. The van der Waals surface area contributed by atoms with Crippen molar-refractivity contribution in [3.8, 4) is 0 Å². The fourth-order valence-corrected chi connectivity index (χ4v) is 7.10. The molecule has 7 heteroatoms. The Balaban J connectivity index is 2.36. The second-order valence-electron chi connectivity index (χ2n) is 9.40. The van der Waals surface area contributed by atoms with Crippen molar-refractivity contribution in [3.05, 3.63) is 39.4 Å². The average Bonchev–Trinajstić information content (AvgIpc) is 2.58. The molecular weight excluding hydrogens is 386 g/mol. The molecule has 0 bridgehead atoms. The first-order valence-electron chi connectivity index (χ1n) is 10.5. The summed E-state index contributed by atoms with van der Waals surface area (Å²) >= 11 is 0. The molecule has 1 aromatic carbocycles. The normalized spacial score (nSPS) is 20.9. The SMILES string of the molecule is CC(C)C([C@H]1C[C@H](c2cc([N+](=O)[O-])ccc2C(=O)O)C1)C(O[SiH3])(C(C)C)C(C)C. The molecule has 0 amide bonds. The molecular formula is C22H35NO5Si. The number of non-ortho nitro benzene ring substituents is 1. The second kappa shape index (κ2) is 8.96. The van der Waals surface area contributed by atoms with Gasteiger partial charge in [0, 0.05) is 12.1 Å². The number of nitro groups is 1. The van der Waals surface area contributed by atoms with E-state index in [1.807, 2.05) is 0 Å². The number of aromatic carboxylic acids is 1. The summed E-state index contributed by atoms with van der Waals surface area (Å²) in [4.78, 5) is 22.4. The maximum absolute atomic E-state index is 11.7. The maximum atomic E-state index is 11.7. The van der Waals surface area contributed by atoms with Crippen LogP contribution in [-0.4, -0.2) is 32.1 Å². The van der Waals surface area contributed by atoms with Gasteiger partial charge < -0.3 is 9.53 Å². The molecule has 162 valence electrons. The number of carboxylic acids is 1. The quantitative estimate of drug-likeness (QED) is 0.362. The minimum Gasteiger partial charge on any atom is -0.478 e. The van der Waals surface area contributed by atoms with Crippen molar-refractivity contribution in [3.63, 3.8) is 0 Å². The highest BCUT2D eigenvalue weighted by molar-refractivity contribution is 5.98. The number of hydrogen-bond acceptors (Lipinski definition) is 4. The third kappa shape index (κ3) is 4.26. The summed E-state index contributed by atoms with van der Waals surface area (Å²) in [6.07, 6.45) is 1.69. The van der Waals surface area contributed by atoms with Gasteiger partial charge in [0.15, 0.2) is 0 Å². The summed E-state index contributed by atoms with van der Waals surface area (Å²) in [6.45, 7) is 13.4. The molecule has 1 N–H and O–H groups in total. The van der Waals surface area contributed by atoms with Gasteiger partial charge in [0.25, 0.3) is 5.69 Å². The smallest absolute Gasteiger partial charge is 0.335 e. The number of nitro benzene ring substituents is 1. The van der Waals surface area contributed by atoms with Gasteiger partial charge in [-0.15, -0.1) is 0 Å². The predicted octanol–water partition coefficient (Wildman–Crippen LogP) is 4.41. The van der Waals surface area contributed by atoms with Crippen LogP contribution in [-0.2, 0) is 4.43 Å². The monoisotopic (exact) mass is 421 g/mol. The van der Waals surface area contributed by atoms with Crippen molar-refractivity contribution >= 4 is 22.1 Å². The Labute approximate surface area is 176 Å². The van der Waals surface area contributed by atoms with Crippen molar-refractivity contribution in [1.82, 2.24) is 0 Å². The van der Waals surface area contributed by atoms with E-state index in [2.05, 4.69) is 41.5 Å². The molecule has 6 nitrogen and oxygen atoms in total. The minimum absolute atomic E-state index is 0.0402. The molecule has 1 aliphatic rings. The van der Waals surface area contributed by atoms with Gasteiger partial charge in [-0.2, -0.15) is 0 Å². The lowest BCUT2D eigenvalue weighted by Crippen LogP contribution is -2.56. The molecule has 1 saturated carbocycles. The molecule has 1 aromatic rings. The molecule has 0 aliphatic heterocycles. The molecule has 2 rings (SSSR count). The van der Waals surface area contributed by atoms with E-state index in [1.165, 1.54) is 18.2 Å². The number of carbonyl (C=O) groups is 1. The van der Waals surface area contributed by atoms with E-state index >= 15 is 0 Å². The van der Waals surface area contributed by atoms with Crippen LogP contribution in [0.2, 0.25) is 0 Å². The van der Waals surface area contributed by atoms with E-state index in [-0.39, 0.29) is 22.8 Å². The maximum Gasteiger partial charge on any atom is 0.335 e. The predicted molar refractivity (Wildman–Crippen MR) is 117 cm³/mol. The van der Waals surface area contributed by atoms with Gasteiger partial charge in [-0.05, 0) is 60.0 Å². The van der Waals surface area contributed by atoms with E-state index in [0.29, 0.717) is 45.6 Å². The summed E-state index contributed by atoms with van der Waals surface area (Å²) in [5.74, 6) is 0.975. The molecule has 1 fully saturated rings. The lowest BCUT2D eigenvalue weighted by molar-refractivity contribution is -0.385. The van der Waals surface area contributed by atoms with Crippen LogP contribution in [0.4, 0.5) is 5.69 Å². The zero-order chi connectivity index (χ0) is 22.1. The summed E-state index contributed by atoms with van der Waals surface area (Å²) in [7, 11) is 0.668. The van der Waals surface area contributed by atoms with Crippen LogP contribution >= 0.6 is 0 Å². The lowest BCUT2D eigenvalue weighted by Gasteiger charge is -2.55. The van der Waals surface area contributed by atoms with Crippen molar-refractivity contribution in [2.24, 2.45) is 29.6 Å². The van der Waals surface area contributed by atoms with E-state index in [9.17, 15) is 20.0 Å². The molecule has 0 radical (unpaired) electrons. The fourth-order valence-electron chi connectivity index (χ4n) is 5.88. The Kier molecular flexibility index (Phi) is 7.27. The highest BCUT2D eigenvalue weighted by Crippen LogP contribution is 2.55. The summed E-state index contributed by atoms with van der Waals surface area (Å²) in [5, 5.41) is 20.7. The van der Waals surface area contributed by atoms with E-state index < -0.39 is 10.9 Å². The number of carboxylic acid groups (broad SMARTS) is 1. The van der Waals surface area contributed by atoms with Crippen molar-refractivity contribution in [2.45, 2.75) is 65.9 Å². The van der Waals surface area contributed by atoms with Crippen molar-refractivity contribution in [1.29, 1.82) is 0 Å². The zero-order valence-corrected chi connectivity index (χ0v) is 20.6. The summed E-state index contributed by atoms with van der Waals surface area (Å²) in [5.41, 5.74) is 0.527. The molecule has 29 heavy (non-hydrogen) atoms. The number of rotatable bonds is 9. The number of nitrogens with zero attached hydrogens (tertiary/aromatic N) is 1. The Morgan fingerprint density at radius 3 is 2.14 bits per heavy atom. The summed E-state index contributed by atoms with van der Waals surface area (Å²) in [6, 6.07) is 4.10. The molecule has 0 saturated heterocycles. The number of hydrogen-bond donors (Lipinski definition) is 1. The van der Waals surface area contributed by atoms with Crippen LogP contribution in [0, 0.1) is 39.7 Å². The van der Waals surface area contributed by atoms with Crippen molar-refractivity contribution in [2.75, 3.05) is 0 Å². The van der Waals surface area contributed by atoms with Crippen LogP contribution in [0.5, 0.6) is 0 Å². The minimum atomic E-state index is -1.03. The Bertz CT molecular complexity index is 748. The fraction of sp³-hybridized carbons (Fsp3) is 0.682. The molecule has 0 aromatic heterocycles. The number of benzene rings is 1. The van der Waals surface area contributed by atoms with Gasteiger partial charge in [0.2, 0.25) is 0 Å². The van der Waals surface area contributed by atoms with Crippen LogP contribution < -0.4 is 0 Å². The largest absolute Gasteiger partial charge is 0.478 e. The Morgan fingerprint density at radius 1 is 1.21 bits per heavy atom. The average molecular weight is 422 g/mol. The van der Waals surface area contributed by atoms with Gasteiger partial charge in [0.05, 0.1) is 16.1 Å². The lowest BCUT2D eigenvalue weighted by atomic mass is 9.55. The molecule has 1 aliphatic carbocycles.